The molecular formula is C25H21FN4O2. The first-order chi connectivity index (χ1) is 15.5. The van der Waals surface area contributed by atoms with E-state index in [0.717, 1.165) is 16.8 Å². The van der Waals surface area contributed by atoms with Crippen LogP contribution >= 0.6 is 0 Å². The molecule has 0 radical (unpaired) electrons. The number of carbonyl (C=O) groups is 1. The van der Waals surface area contributed by atoms with Gasteiger partial charge < -0.3 is 14.0 Å². The van der Waals surface area contributed by atoms with Crippen LogP contribution in [0, 0.1) is 12.7 Å². The van der Waals surface area contributed by atoms with Gasteiger partial charge in [0.2, 0.25) is 0 Å². The maximum absolute atomic E-state index is 14.2. The summed E-state index contributed by atoms with van der Waals surface area (Å²) in [4.78, 5) is 32.0. The van der Waals surface area contributed by atoms with Crippen LogP contribution in [-0.2, 0) is 13.1 Å². The van der Waals surface area contributed by atoms with Crippen LogP contribution in [0.3, 0.4) is 0 Å². The summed E-state index contributed by atoms with van der Waals surface area (Å²) in [6.07, 6.45) is 3.38. The summed E-state index contributed by atoms with van der Waals surface area (Å²) in [6, 6.07) is 17.5. The van der Waals surface area contributed by atoms with Crippen LogP contribution in [0.2, 0.25) is 0 Å². The lowest BCUT2D eigenvalue weighted by atomic mass is 10.0. The molecule has 5 rings (SSSR count). The molecule has 1 aliphatic heterocycles. The van der Waals surface area contributed by atoms with Crippen molar-refractivity contribution >= 4 is 5.91 Å². The van der Waals surface area contributed by atoms with Crippen molar-refractivity contribution in [1.29, 1.82) is 0 Å². The molecule has 0 unspecified atom stereocenters. The average molecular weight is 428 g/mol. The maximum atomic E-state index is 14.2. The van der Waals surface area contributed by atoms with E-state index in [-0.39, 0.29) is 17.3 Å². The quantitative estimate of drug-likeness (QED) is 0.497. The van der Waals surface area contributed by atoms with Crippen molar-refractivity contribution in [2.24, 2.45) is 0 Å². The highest BCUT2D eigenvalue weighted by atomic mass is 19.1. The summed E-state index contributed by atoms with van der Waals surface area (Å²) >= 11 is 0. The number of imidazole rings is 1. The zero-order chi connectivity index (χ0) is 22.2. The maximum Gasteiger partial charge on any atom is 0.275 e. The van der Waals surface area contributed by atoms with E-state index in [0.29, 0.717) is 36.6 Å². The van der Waals surface area contributed by atoms with E-state index in [1.165, 1.54) is 10.6 Å². The lowest BCUT2D eigenvalue weighted by Crippen LogP contribution is -2.44. The van der Waals surface area contributed by atoms with Gasteiger partial charge in [-0.25, -0.2) is 9.37 Å². The minimum atomic E-state index is -0.282. The van der Waals surface area contributed by atoms with Crippen molar-refractivity contribution in [3.63, 3.8) is 0 Å². The Balaban J connectivity index is 1.41. The fourth-order valence-corrected chi connectivity index (χ4v) is 4.11. The largest absolute Gasteiger partial charge is 0.331 e. The minimum Gasteiger partial charge on any atom is -0.331 e. The van der Waals surface area contributed by atoms with E-state index >= 15 is 0 Å². The Hall–Kier alpha value is -4.00. The molecule has 0 bridgehead atoms. The van der Waals surface area contributed by atoms with Crippen molar-refractivity contribution in [2.45, 2.75) is 20.0 Å². The van der Waals surface area contributed by atoms with Crippen LogP contribution < -0.4 is 5.56 Å². The summed E-state index contributed by atoms with van der Waals surface area (Å²) in [5.74, 6) is -0.478. The molecule has 0 N–H and O–H groups in total. The molecule has 1 amide bonds. The molecule has 3 heterocycles. The molecule has 0 atom stereocenters. The number of carbonyl (C=O) groups excluding carboxylic acids is 1. The number of rotatable bonds is 4. The van der Waals surface area contributed by atoms with Crippen molar-refractivity contribution < 1.29 is 9.18 Å². The SMILES string of the molecule is Cc1cn(-c2ccc3n(c2=O)CCN(Cc2cccc(-c4ccccc4F)c2)C3=O)cn1. The van der Waals surface area contributed by atoms with Gasteiger partial charge in [-0.05, 0) is 42.3 Å². The van der Waals surface area contributed by atoms with Crippen molar-refractivity contribution in [2.75, 3.05) is 6.54 Å². The molecule has 2 aromatic carbocycles. The second-order valence-corrected chi connectivity index (χ2v) is 7.89. The van der Waals surface area contributed by atoms with E-state index in [9.17, 15) is 14.0 Å². The molecule has 6 nitrogen and oxygen atoms in total. The topological polar surface area (TPSA) is 60.1 Å². The van der Waals surface area contributed by atoms with Gasteiger partial charge in [-0.1, -0.05) is 36.4 Å². The molecule has 7 heteroatoms. The number of benzene rings is 2. The highest BCUT2D eigenvalue weighted by Gasteiger charge is 2.26. The van der Waals surface area contributed by atoms with E-state index in [4.69, 9.17) is 0 Å². The average Bonchev–Trinajstić information content (AvgIpc) is 3.22. The number of hydrogen-bond acceptors (Lipinski definition) is 3. The van der Waals surface area contributed by atoms with E-state index < -0.39 is 0 Å². The molecule has 160 valence electrons. The van der Waals surface area contributed by atoms with Crippen molar-refractivity contribution in [1.82, 2.24) is 19.0 Å². The number of fused-ring (bicyclic) bond motifs is 1. The van der Waals surface area contributed by atoms with Crippen LogP contribution in [-0.4, -0.2) is 31.5 Å². The monoisotopic (exact) mass is 428 g/mol. The third kappa shape index (κ3) is 3.51. The first-order valence-corrected chi connectivity index (χ1v) is 10.4. The zero-order valence-electron chi connectivity index (χ0n) is 17.5. The Kier molecular flexibility index (Phi) is 4.93. The third-order valence-electron chi connectivity index (χ3n) is 5.73. The fraction of sp³-hybridized carbons (Fsp3) is 0.160. The molecule has 2 aromatic heterocycles. The van der Waals surface area contributed by atoms with Gasteiger partial charge in [-0.15, -0.1) is 0 Å². The summed E-state index contributed by atoms with van der Waals surface area (Å²) < 4.78 is 17.4. The molecule has 0 fully saturated rings. The number of amides is 1. The number of pyridine rings is 1. The van der Waals surface area contributed by atoms with Gasteiger partial charge in [0.05, 0.1) is 12.0 Å². The van der Waals surface area contributed by atoms with Crippen molar-refractivity contribution in [3.8, 4) is 16.8 Å². The molecule has 0 saturated carbocycles. The van der Waals surface area contributed by atoms with Gasteiger partial charge in [-0.3, -0.25) is 9.59 Å². The van der Waals surface area contributed by atoms with E-state index in [2.05, 4.69) is 4.98 Å². The standard InChI is InChI=1S/C25H21FN4O2/c1-17-14-29(16-27-17)22-9-10-23-24(31)28(11-12-30(23)25(22)32)15-18-5-4-6-19(13-18)20-7-2-3-8-21(20)26/h2-10,13-14,16H,11-12,15H2,1H3. The zero-order valence-corrected chi connectivity index (χ0v) is 17.5. The molecule has 4 aromatic rings. The summed E-state index contributed by atoms with van der Waals surface area (Å²) in [5.41, 5.74) is 3.63. The molecule has 32 heavy (non-hydrogen) atoms. The summed E-state index contributed by atoms with van der Waals surface area (Å²) in [5, 5.41) is 0. The molecule has 1 aliphatic rings. The number of aromatic nitrogens is 3. The molecule has 0 spiro atoms. The predicted molar refractivity (Wildman–Crippen MR) is 119 cm³/mol. The summed E-state index contributed by atoms with van der Waals surface area (Å²) in [6.45, 7) is 3.07. The van der Waals surface area contributed by atoms with Crippen LogP contribution in [0.1, 0.15) is 21.7 Å². The molecule has 0 aliphatic carbocycles. The first kappa shape index (κ1) is 19.9. The summed E-state index contributed by atoms with van der Waals surface area (Å²) in [7, 11) is 0. The minimum absolute atomic E-state index is 0.196. The molecular weight excluding hydrogens is 407 g/mol. The van der Waals surface area contributed by atoms with Crippen LogP contribution in [0.25, 0.3) is 16.8 Å². The smallest absolute Gasteiger partial charge is 0.275 e. The lowest BCUT2D eigenvalue weighted by Gasteiger charge is -2.30. The van der Waals surface area contributed by atoms with Crippen LogP contribution in [0.15, 0.2) is 78.0 Å². The first-order valence-electron chi connectivity index (χ1n) is 10.4. The third-order valence-corrected chi connectivity index (χ3v) is 5.73. The van der Waals surface area contributed by atoms with Crippen molar-refractivity contribution in [3.05, 3.63) is 106 Å². The highest BCUT2D eigenvalue weighted by Crippen LogP contribution is 2.24. The Morgan fingerprint density at radius 3 is 2.62 bits per heavy atom. The Bertz CT molecular complexity index is 1390. The van der Waals surface area contributed by atoms with Gasteiger partial charge in [0.25, 0.3) is 11.5 Å². The Morgan fingerprint density at radius 2 is 1.84 bits per heavy atom. The Labute approximate surface area is 184 Å². The van der Waals surface area contributed by atoms with Gasteiger partial charge in [0, 0.05) is 31.4 Å². The fourth-order valence-electron chi connectivity index (χ4n) is 4.11. The second kappa shape index (κ2) is 7.92. The van der Waals surface area contributed by atoms with Gasteiger partial charge in [0.15, 0.2) is 0 Å². The van der Waals surface area contributed by atoms with Gasteiger partial charge >= 0.3 is 0 Å². The van der Waals surface area contributed by atoms with E-state index in [1.807, 2.05) is 31.2 Å². The van der Waals surface area contributed by atoms with Gasteiger partial charge in [0.1, 0.15) is 17.2 Å². The van der Waals surface area contributed by atoms with Gasteiger partial charge in [-0.2, -0.15) is 0 Å². The number of aryl methyl sites for hydroxylation is 1. The van der Waals surface area contributed by atoms with Crippen LogP contribution in [0.5, 0.6) is 0 Å². The lowest BCUT2D eigenvalue weighted by molar-refractivity contribution is 0.0686. The Morgan fingerprint density at radius 1 is 1.00 bits per heavy atom. The highest BCUT2D eigenvalue weighted by molar-refractivity contribution is 5.93. The number of halogens is 1. The number of nitrogens with zero attached hydrogens (tertiary/aromatic N) is 4. The number of hydrogen-bond donors (Lipinski definition) is 0. The second-order valence-electron chi connectivity index (χ2n) is 7.89. The molecule has 0 saturated heterocycles. The van der Waals surface area contributed by atoms with E-state index in [1.54, 1.807) is 52.3 Å². The van der Waals surface area contributed by atoms with Crippen LogP contribution in [0.4, 0.5) is 4.39 Å². The predicted octanol–water partition coefficient (Wildman–Crippen LogP) is 3.80. The normalized spacial score (nSPS) is 13.3.